The first-order valence-electron chi connectivity index (χ1n) is 4.61. The molecule has 1 unspecified atom stereocenters. The Balaban J connectivity index is 2.58. The molecule has 1 atom stereocenters. The summed E-state index contributed by atoms with van der Waals surface area (Å²) in [6.45, 7) is 0.555. The molecule has 1 N–H and O–H groups in total. The molecule has 0 radical (unpaired) electrons. The van der Waals surface area contributed by atoms with E-state index in [1.165, 1.54) is 0 Å². The first kappa shape index (κ1) is 9.37. The molecular weight excluding hydrogens is 178 g/mol. The highest BCUT2D eigenvalue weighted by Crippen LogP contribution is 2.35. The molecule has 0 spiro atoms. The lowest BCUT2D eigenvalue weighted by atomic mass is 9.92. The summed E-state index contributed by atoms with van der Waals surface area (Å²) < 4.78 is 0. The molecule has 1 aliphatic heterocycles. The van der Waals surface area contributed by atoms with Gasteiger partial charge in [-0.1, -0.05) is 24.3 Å². The maximum atomic E-state index is 11.1. The van der Waals surface area contributed by atoms with E-state index in [0.717, 1.165) is 24.0 Å². The van der Waals surface area contributed by atoms with Crippen molar-refractivity contribution in [2.45, 2.75) is 12.1 Å². The van der Waals surface area contributed by atoms with E-state index in [1.54, 1.807) is 0 Å². The smallest absolute Gasteiger partial charge is 0.147 e. The van der Waals surface area contributed by atoms with Gasteiger partial charge in [0.1, 0.15) is 11.8 Å². The third-order valence-corrected chi connectivity index (χ3v) is 3.01. The van der Waals surface area contributed by atoms with Crippen molar-refractivity contribution in [3.05, 3.63) is 35.4 Å². The number of hydrogen-bond acceptors (Lipinski definition) is 3. The molecule has 0 saturated carbocycles. The van der Waals surface area contributed by atoms with Gasteiger partial charge in [0.05, 0.1) is 6.61 Å². The highest BCUT2D eigenvalue weighted by atomic mass is 16.3. The van der Waals surface area contributed by atoms with Crippen molar-refractivity contribution in [1.29, 1.82) is 0 Å². The van der Waals surface area contributed by atoms with Gasteiger partial charge in [-0.05, 0) is 18.2 Å². The minimum atomic E-state index is -0.823. The largest absolute Gasteiger partial charge is 0.394 e. The van der Waals surface area contributed by atoms with Gasteiger partial charge in [-0.3, -0.25) is 4.90 Å². The van der Waals surface area contributed by atoms with Gasteiger partial charge in [0.2, 0.25) is 0 Å². The van der Waals surface area contributed by atoms with Crippen molar-refractivity contribution in [1.82, 2.24) is 4.90 Å². The summed E-state index contributed by atoms with van der Waals surface area (Å²) >= 11 is 0. The fraction of sp³-hybridized carbons (Fsp3) is 0.364. The van der Waals surface area contributed by atoms with Gasteiger partial charge in [-0.2, -0.15) is 0 Å². The van der Waals surface area contributed by atoms with Gasteiger partial charge in [0.25, 0.3) is 0 Å². The number of nitrogens with zero attached hydrogens (tertiary/aromatic N) is 1. The lowest BCUT2D eigenvalue weighted by molar-refractivity contribution is -0.120. The highest BCUT2D eigenvalue weighted by Gasteiger charge is 2.42. The predicted octanol–water partition coefficient (Wildman–Crippen LogP) is 0.518. The van der Waals surface area contributed by atoms with Crippen molar-refractivity contribution >= 4 is 6.29 Å². The van der Waals surface area contributed by atoms with E-state index in [0.29, 0.717) is 0 Å². The Morgan fingerprint density at radius 3 is 2.93 bits per heavy atom. The molecule has 0 saturated heterocycles. The quantitative estimate of drug-likeness (QED) is 0.693. The first-order chi connectivity index (χ1) is 6.74. The van der Waals surface area contributed by atoms with Crippen LogP contribution in [-0.2, 0) is 16.9 Å². The van der Waals surface area contributed by atoms with Gasteiger partial charge < -0.3 is 9.90 Å². The Hall–Kier alpha value is -1.19. The molecular formula is C11H13NO2. The van der Waals surface area contributed by atoms with E-state index in [1.807, 2.05) is 36.2 Å². The molecule has 0 amide bonds. The highest BCUT2D eigenvalue weighted by molar-refractivity contribution is 5.70. The van der Waals surface area contributed by atoms with Crippen LogP contribution in [0.2, 0.25) is 0 Å². The molecule has 0 aliphatic carbocycles. The van der Waals surface area contributed by atoms with E-state index >= 15 is 0 Å². The summed E-state index contributed by atoms with van der Waals surface area (Å²) in [4.78, 5) is 13.0. The number of aliphatic hydroxyl groups is 1. The molecule has 0 aromatic heterocycles. The van der Waals surface area contributed by atoms with Crippen LogP contribution in [0.5, 0.6) is 0 Å². The summed E-state index contributed by atoms with van der Waals surface area (Å²) in [5.41, 5.74) is 1.23. The second-order valence-electron chi connectivity index (χ2n) is 3.71. The zero-order valence-corrected chi connectivity index (χ0v) is 8.10. The first-order valence-corrected chi connectivity index (χ1v) is 4.61. The SMILES string of the molecule is CN1Cc2ccccc2C1(C=O)CO. The van der Waals surface area contributed by atoms with Crippen molar-refractivity contribution in [3.63, 3.8) is 0 Å². The van der Waals surface area contributed by atoms with Gasteiger partial charge in [-0.15, -0.1) is 0 Å². The summed E-state index contributed by atoms with van der Waals surface area (Å²) in [7, 11) is 1.85. The van der Waals surface area contributed by atoms with Crippen LogP contribution < -0.4 is 0 Å². The van der Waals surface area contributed by atoms with Crippen LogP contribution >= 0.6 is 0 Å². The van der Waals surface area contributed by atoms with Gasteiger partial charge in [-0.25, -0.2) is 0 Å². The molecule has 1 aromatic rings. The predicted molar refractivity (Wildman–Crippen MR) is 52.7 cm³/mol. The number of carbonyl (C=O) groups excluding carboxylic acids is 1. The number of fused-ring (bicyclic) bond motifs is 1. The number of aliphatic hydroxyl groups excluding tert-OH is 1. The molecule has 14 heavy (non-hydrogen) atoms. The number of likely N-dealkylation sites (N-methyl/N-ethyl adjacent to an activating group) is 1. The van der Waals surface area contributed by atoms with Gasteiger partial charge in [0, 0.05) is 6.54 Å². The molecule has 2 rings (SSSR count). The van der Waals surface area contributed by atoms with Crippen molar-refractivity contribution < 1.29 is 9.90 Å². The number of hydrogen-bond donors (Lipinski definition) is 1. The number of carbonyl (C=O) groups is 1. The van der Waals surface area contributed by atoms with Crippen LogP contribution in [-0.4, -0.2) is 29.9 Å². The fourth-order valence-electron chi connectivity index (χ4n) is 2.08. The maximum absolute atomic E-state index is 11.1. The second kappa shape index (κ2) is 3.19. The summed E-state index contributed by atoms with van der Waals surface area (Å²) in [5.74, 6) is 0. The van der Waals surface area contributed by atoms with Crippen molar-refractivity contribution in [2.24, 2.45) is 0 Å². The van der Waals surface area contributed by atoms with Crippen molar-refractivity contribution in [3.8, 4) is 0 Å². The molecule has 3 nitrogen and oxygen atoms in total. The molecule has 1 aromatic carbocycles. The zero-order valence-electron chi connectivity index (χ0n) is 8.10. The Bertz CT molecular complexity index is 364. The average Bonchev–Trinajstić information content (AvgIpc) is 2.50. The van der Waals surface area contributed by atoms with Crippen LogP contribution in [0.15, 0.2) is 24.3 Å². The molecule has 74 valence electrons. The fourth-order valence-corrected chi connectivity index (χ4v) is 2.08. The molecule has 0 fully saturated rings. The van der Waals surface area contributed by atoms with Crippen LogP contribution in [0, 0.1) is 0 Å². The van der Waals surface area contributed by atoms with E-state index in [4.69, 9.17) is 0 Å². The van der Waals surface area contributed by atoms with Crippen LogP contribution in [0.3, 0.4) is 0 Å². The molecule has 0 bridgehead atoms. The maximum Gasteiger partial charge on any atom is 0.147 e. The Labute approximate surface area is 83.0 Å². The number of aldehydes is 1. The molecule has 1 aliphatic rings. The third-order valence-electron chi connectivity index (χ3n) is 3.01. The Morgan fingerprint density at radius 2 is 2.29 bits per heavy atom. The van der Waals surface area contributed by atoms with Crippen LogP contribution in [0.4, 0.5) is 0 Å². The summed E-state index contributed by atoms with van der Waals surface area (Å²) in [6.07, 6.45) is 0.832. The number of rotatable bonds is 2. The monoisotopic (exact) mass is 191 g/mol. The summed E-state index contributed by atoms with van der Waals surface area (Å²) in [6, 6.07) is 7.74. The normalized spacial score (nSPS) is 26.1. The number of benzene rings is 1. The Morgan fingerprint density at radius 1 is 1.57 bits per heavy atom. The average molecular weight is 191 g/mol. The minimum absolute atomic E-state index is 0.163. The van der Waals surface area contributed by atoms with Crippen LogP contribution in [0.1, 0.15) is 11.1 Å². The zero-order chi connectivity index (χ0) is 10.2. The van der Waals surface area contributed by atoms with E-state index < -0.39 is 5.54 Å². The van der Waals surface area contributed by atoms with E-state index in [2.05, 4.69) is 0 Å². The van der Waals surface area contributed by atoms with E-state index in [-0.39, 0.29) is 6.61 Å². The second-order valence-corrected chi connectivity index (χ2v) is 3.71. The Kier molecular flexibility index (Phi) is 2.13. The molecule has 1 heterocycles. The van der Waals surface area contributed by atoms with Gasteiger partial charge in [0.15, 0.2) is 0 Å². The standard InChI is InChI=1S/C11H13NO2/c1-12-6-9-4-2-3-5-10(9)11(12,7-13)8-14/h2-5,7,14H,6,8H2,1H3. The lowest BCUT2D eigenvalue weighted by Gasteiger charge is -2.29. The molecule has 3 heteroatoms. The lowest BCUT2D eigenvalue weighted by Crippen LogP contribution is -2.43. The van der Waals surface area contributed by atoms with Crippen LogP contribution in [0.25, 0.3) is 0 Å². The topological polar surface area (TPSA) is 40.5 Å². The minimum Gasteiger partial charge on any atom is -0.394 e. The van der Waals surface area contributed by atoms with Gasteiger partial charge >= 0.3 is 0 Å². The summed E-state index contributed by atoms with van der Waals surface area (Å²) in [5, 5.41) is 9.36. The van der Waals surface area contributed by atoms with Crippen molar-refractivity contribution in [2.75, 3.05) is 13.7 Å². The van der Waals surface area contributed by atoms with E-state index in [9.17, 15) is 9.90 Å². The third kappa shape index (κ3) is 1.03.